The summed E-state index contributed by atoms with van der Waals surface area (Å²) in [6.45, 7) is -0.256. The van der Waals surface area contributed by atoms with Crippen LogP contribution in [0.3, 0.4) is 0 Å². The molecule has 140 valence electrons. The average molecular weight is 390 g/mol. The maximum atomic E-state index is 12.3. The van der Waals surface area contributed by atoms with Crippen LogP contribution in [0.25, 0.3) is 11.4 Å². The van der Waals surface area contributed by atoms with Crippen LogP contribution in [0.15, 0.2) is 57.9 Å². The highest BCUT2D eigenvalue weighted by Crippen LogP contribution is 2.20. The number of hydrogen-bond donors (Lipinski definition) is 1. The Labute approximate surface area is 154 Å². The van der Waals surface area contributed by atoms with Crippen LogP contribution in [-0.2, 0) is 16.6 Å². The molecule has 0 spiro atoms. The Balaban J connectivity index is 1.72. The van der Waals surface area contributed by atoms with E-state index in [1.165, 1.54) is 18.2 Å². The number of hydrogen-bond acceptors (Lipinski definition) is 8. The molecule has 0 amide bonds. The fourth-order valence-electron chi connectivity index (χ4n) is 2.19. The molecule has 1 N–H and O–H groups in total. The second kappa shape index (κ2) is 7.51. The van der Waals surface area contributed by atoms with Crippen LogP contribution in [0, 0.1) is 10.1 Å². The average Bonchev–Trinajstić information content (AvgIpc) is 3.16. The first kappa shape index (κ1) is 18.5. The summed E-state index contributed by atoms with van der Waals surface area (Å²) in [4.78, 5) is 14.0. The second-order valence-corrected chi connectivity index (χ2v) is 7.09. The van der Waals surface area contributed by atoms with Gasteiger partial charge < -0.3 is 9.26 Å². The molecule has 1 heterocycles. The lowest BCUT2D eigenvalue weighted by Crippen LogP contribution is -2.23. The highest BCUT2D eigenvalue weighted by molar-refractivity contribution is 7.89. The highest BCUT2D eigenvalue weighted by atomic mass is 32.2. The SMILES string of the molecule is COc1ccc(-c2noc(CNS(=O)(=O)c3cccc([N+](=O)[O-])c3)n2)cc1. The lowest BCUT2D eigenvalue weighted by molar-refractivity contribution is -0.385. The predicted molar refractivity (Wildman–Crippen MR) is 93.4 cm³/mol. The summed E-state index contributed by atoms with van der Waals surface area (Å²) < 4.78 is 37.0. The summed E-state index contributed by atoms with van der Waals surface area (Å²) in [7, 11) is -2.43. The van der Waals surface area contributed by atoms with E-state index < -0.39 is 14.9 Å². The van der Waals surface area contributed by atoms with E-state index in [2.05, 4.69) is 14.9 Å². The summed E-state index contributed by atoms with van der Waals surface area (Å²) >= 11 is 0. The van der Waals surface area contributed by atoms with Gasteiger partial charge in [-0.3, -0.25) is 10.1 Å². The minimum atomic E-state index is -3.98. The van der Waals surface area contributed by atoms with Gasteiger partial charge in [-0.1, -0.05) is 11.2 Å². The van der Waals surface area contributed by atoms with E-state index in [0.717, 1.165) is 6.07 Å². The van der Waals surface area contributed by atoms with E-state index in [-0.39, 0.29) is 23.0 Å². The molecule has 3 aromatic rings. The number of aromatic nitrogens is 2. The van der Waals surface area contributed by atoms with Crippen molar-refractivity contribution in [2.45, 2.75) is 11.4 Å². The minimum Gasteiger partial charge on any atom is -0.497 e. The van der Waals surface area contributed by atoms with Gasteiger partial charge in [0.15, 0.2) is 0 Å². The van der Waals surface area contributed by atoms with Gasteiger partial charge in [-0.05, 0) is 30.3 Å². The Morgan fingerprint density at radius 2 is 1.96 bits per heavy atom. The number of benzene rings is 2. The lowest BCUT2D eigenvalue weighted by atomic mass is 10.2. The van der Waals surface area contributed by atoms with Crippen LogP contribution in [0.4, 0.5) is 5.69 Å². The lowest BCUT2D eigenvalue weighted by Gasteiger charge is -2.04. The number of non-ortho nitro benzene ring substituents is 1. The van der Waals surface area contributed by atoms with Crippen molar-refractivity contribution in [2.75, 3.05) is 7.11 Å². The van der Waals surface area contributed by atoms with Crippen LogP contribution in [0.1, 0.15) is 5.89 Å². The molecule has 0 aliphatic heterocycles. The molecule has 0 bridgehead atoms. The quantitative estimate of drug-likeness (QED) is 0.478. The van der Waals surface area contributed by atoms with Crippen molar-refractivity contribution in [3.63, 3.8) is 0 Å². The fraction of sp³-hybridized carbons (Fsp3) is 0.125. The van der Waals surface area contributed by atoms with Crippen LogP contribution >= 0.6 is 0 Å². The van der Waals surface area contributed by atoms with Crippen molar-refractivity contribution in [2.24, 2.45) is 0 Å². The first-order valence-corrected chi connectivity index (χ1v) is 9.08. The second-order valence-electron chi connectivity index (χ2n) is 5.32. The largest absolute Gasteiger partial charge is 0.497 e. The maximum absolute atomic E-state index is 12.3. The molecule has 11 heteroatoms. The van der Waals surface area contributed by atoms with Crippen molar-refractivity contribution < 1.29 is 22.6 Å². The molecule has 0 saturated carbocycles. The van der Waals surface area contributed by atoms with E-state index in [4.69, 9.17) is 9.26 Å². The zero-order chi connectivity index (χ0) is 19.4. The molecular formula is C16H14N4O6S. The smallest absolute Gasteiger partial charge is 0.270 e. The number of rotatable bonds is 7. The van der Waals surface area contributed by atoms with Gasteiger partial charge in [0.2, 0.25) is 21.7 Å². The molecule has 0 fully saturated rings. The van der Waals surface area contributed by atoms with Gasteiger partial charge in [0.1, 0.15) is 5.75 Å². The third-order valence-electron chi connectivity index (χ3n) is 3.57. The first-order chi connectivity index (χ1) is 12.9. The summed E-state index contributed by atoms with van der Waals surface area (Å²) in [6.07, 6.45) is 0. The zero-order valence-electron chi connectivity index (χ0n) is 14.0. The molecule has 2 aromatic carbocycles. The topological polar surface area (TPSA) is 137 Å². The van der Waals surface area contributed by atoms with Crippen molar-refractivity contribution in [1.82, 2.24) is 14.9 Å². The number of nitrogens with one attached hydrogen (secondary N) is 1. The molecule has 0 atom stereocenters. The van der Waals surface area contributed by atoms with Crippen molar-refractivity contribution in [1.29, 1.82) is 0 Å². The number of nitro groups is 1. The van der Waals surface area contributed by atoms with E-state index in [1.54, 1.807) is 31.4 Å². The molecule has 0 radical (unpaired) electrons. The van der Waals surface area contributed by atoms with Crippen LogP contribution in [0.2, 0.25) is 0 Å². The van der Waals surface area contributed by atoms with Gasteiger partial charge in [0.05, 0.1) is 23.5 Å². The molecule has 27 heavy (non-hydrogen) atoms. The fourth-order valence-corrected chi connectivity index (χ4v) is 3.20. The monoisotopic (exact) mass is 390 g/mol. The summed E-state index contributed by atoms with van der Waals surface area (Å²) in [5, 5.41) is 14.6. The van der Waals surface area contributed by atoms with Crippen LogP contribution < -0.4 is 9.46 Å². The Morgan fingerprint density at radius 1 is 1.22 bits per heavy atom. The number of ether oxygens (including phenoxy) is 1. The van der Waals surface area contributed by atoms with Gasteiger partial charge in [0.25, 0.3) is 5.69 Å². The molecular weight excluding hydrogens is 376 g/mol. The Morgan fingerprint density at radius 3 is 2.63 bits per heavy atom. The Hall–Kier alpha value is -3.31. The normalized spacial score (nSPS) is 11.3. The molecule has 0 unspecified atom stereocenters. The number of nitro benzene ring substituents is 1. The van der Waals surface area contributed by atoms with Gasteiger partial charge in [0, 0.05) is 17.7 Å². The van der Waals surface area contributed by atoms with Crippen molar-refractivity contribution >= 4 is 15.7 Å². The molecule has 1 aromatic heterocycles. The summed E-state index contributed by atoms with van der Waals surface area (Å²) in [5.74, 6) is 1.02. The van der Waals surface area contributed by atoms with Crippen molar-refractivity contribution in [3.8, 4) is 17.1 Å². The highest BCUT2D eigenvalue weighted by Gasteiger charge is 2.19. The van der Waals surface area contributed by atoms with Crippen LogP contribution in [0.5, 0.6) is 5.75 Å². The van der Waals surface area contributed by atoms with E-state index >= 15 is 0 Å². The minimum absolute atomic E-state index is 0.0508. The summed E-state index contributed by atoms with van der Waals surface area (Å²) in [5.41, 5.74) is 0.352. The van der Waals surface area contributed by atoms with Gasteiger partial charge in [-0.15, -0.1) is 0 Å². The molecule has 10 nitrogen and oxygen atoms in total. The third kappa shape index (κ3) is 4.27. The van der Waals surface area contributed by atoms with E-state index in [0.29, 0.717) is 17.1 Å². The van der Waals surface area contributed by atoms with E-state index in [1.807, 2.05) is 0 Å². The number of methoxy groups -OCH3 is 1. The van der Waals surface area contributed by atoms with Gasteiger partial charge in [-0.25, -0.2) is 13.1 Å². The first-order valence-electron chi connectivity index (χ1n) is 7.60. The maximum Gasteiger partial charge on any atom is 0.270 e. The standard InChI is InChI=1S/C16H14N4O6S/c1-25-13-7-5-11(6-8-13)16-18-15(26-19-16)10-17-27(23,24)14-4-2-3-12(9-14)20(21)22/h2-9,17H,10H2,1H3. The third-order valence-corrected chi connectivity index (χ3v) is 4.97. The number of sulfonamides is 1. The molecule has 0 aliphatic rings. The Bertz CT molecular complexity index is 1060. The molecule has 0 saturated heterocycles. The van der Waals surface area contributed by atoms with Crippen LogP contribution in [-0.4, -0.2) is 30.6 Å². The Kier molecular flexibility index (Phi) is 5.14. The zero-order valence-corrected chi connectivity index (χ0v) is 14.8. The van der Waals surface area contributed by atoms with E-state index in [9.17, 15) is 18.5 Å². The summed E-state index contributed by atoms with van der Waals surface area (Å²) in [6, 6.07) is 11.7. The molecule has 3 rings (SSSR count). The predicted octanol–water partition coefficient (Wildman–Crippen LogP) is 2.13. The number of nitrogens with zero attached hydrogens (tertiary/aromatic N) is 3. The van der Waals surface area contributed by atoms with Crippen molar-refractivity contribution in [3.05, 3.63) is 64.5 Å². The molecule has 0 aliphatic carbocycles. The van der Waals surface area contributed by atoms with Gasteiger partial charge in [-0.2, -0.15) is 4.98 Å². The van der Waals surface area contributed by atoms with Gasteiger partial charge >= 0.3 is 0 Å².